The van der Waals surface area contributed by atoms with E-state index in [2.05, 4.69) is 16.0 Å². The number of Topliss-reactive ketones (excluding diaryl/α,β-unsaturated/α-hetero) is 1. The molecule has 1 N–H and O–H groups in total. The molecule has 0 saturated carbocycles. The van der Waals surface area contributed by atoms with Crippen molar-refractivity contribution in [2.75, 3.05) is 6.54 Å². The third-order valence-electron chi connectivity index (χ3n) is 4.75. The lowest BCUT2D eigenvalue weighted by Crippen LogP contribution is -2.36. The van der Waals surface area contributed by atoms with E-state index in [1.165, 1.54) is 4.88 Å². The first-order valence-electron chi connectivity index (χ1n) is 8.76. The normalized spacial score (nSPS) is 17.0. The van der Waals surface area contributed by atoms with Crippen LogP contribution in [0.5, 0.6) is 0 Å². The number of carbonyl (C=O) groups excluding carboxylic acids is 3. The van der Waals surface area contributed by atoms with Crippen LogP contribution in [0.4, 0.5) is 4.79 Å². The Morgan fingerprint density at radius 1 is 1.31 bits per heavy atom. The number of nitrogens with zero attached hydrogens (tertiary/aromatic N) is 2. The Morgan fingerprint density at radius 2 is 2.08 bits per heavy atom. The molecule has 1 fully saturated rings. The molecule has 1 atom stereocenters. The molecule has 0 aromatic carbocycles. The predicted octanol–water partition coefficient (Wildman–Crippen LogP) is 3.12. The molecule has 0 aliphatic carbocycles. The number of nitrogens with one attached hydrogen (secondary N) is 1. The summed E-state index contributed by atoms with van der Waals surface area (Å²) in [6.07, 6.45) is 1.38. The van der Waals surface area contributed by atoms with E-state index >= 15 is 0 Å². The van der Waals surface area contributed by atoms with Gasteiger partial charge in [-0.15, -0.1) is 11.3 Å². The second-order valence-corrected chi connectivity index (χ2v) is 7.62. The largest absolute Gasteiger partial charge is 0.343 e. The van der Waals surface area contributed by atoms with E-state index in [-0.39, 0.29) is 18.2 Å². The summed E-state index contributed by atoms with van der Waals surface area (Å²) in [5, 5.41) is 4.68. The van der Waals surface area contributed by atoms with Gasteiger partial charge in [0.1, 0.15) is 6.04 Å². The van der Waals surface area contributed by atoms with Crippen LogP contribution in [0.2, 0.25) is 0 Å². The number of urea groups is 1. The van der Waals surface area contributed by atoms with Crippen LogP contribution < -0.4 is 5.32 Å². The number of aromatic nitrogens is 1. The zero-order valence-electron chi connectivity index (χ0n) is 15.2. The molecule has 3 amide bonds. The first-order valence-corrected chi connectivity index (χ1v) is 9.64. The Bertz CT molecular complexity index is 839. The van der Waals surface area contributed by atoms with Gasteiger partial charge >= 0.3 is 6.03 Å². The molecule has 0 bridgehead atoms. The van der Waals surface area contributed by atoms with E-state index in [9.17, 15) is 14.4 Å². The van der Waals surface area contributed by atoms with E-state index in [4.69, 9.17) is 0 Å². The van der Waals surface area contributed by atoms with Crippen molar-refractivity contribution in [2.24, 2.45) is 0 Å². The first-order chi connectivity index (χ1) is 12.4. The van der Waals surface area contributed by atoms with Crippen LogP contribution >= 0.6 is 11.3 Å². The number of hydrogen-bond donors (Lipinski definition) is 1. The van der Waals surface area contributed by atoms with Gasteiger partial charge in [0, 0.05) is 21.8 Å². The lowest BCUT2D eigenvalue weighted by atomic mass is 10.1. The first kappa shape index (κ1) is 18.4. The van der Waals surface area contributed by atoms with Crippen molar-refractivity contribution >= 4 is 29.1 Å². The number of thiophene rings is 1. The number of hydrogen-bond acceptors (Lipinski definition) is 4. The fourth-order valence-corrected chi connectivity index (χ4v) is 4.02. The predicted molar refractivity (Wildman–Crippen MR) is 101 cm³/mol. The summed E-state index contributed by atoms with van der Waals surface area (Å²) < 4.78 is 2.09. The summed E-state index contributed by atoms with van der Waals surface area (Å²) >= 11 is 1.67. The molecule has 2 aromatic heterocycles. The maximum atomic E-state index is 12.8. The molecule has 1 aliphatic heterocycles. The minimum atomic E-state index is -0.508. The molecule has 3 heterocycles. The van der Waals surface area contributed by atoms with Gasteiger partial charge in [0.05, 0.1) is 13.1 Å². The van der Waals surface area contributed by atoms with Crippen molar-refractivity contribution in [2.45, 2.75) is 46.2 Å². The third-order valence-corrected chi connectivity index (χ3v) is 5.62. The molecule has 0 radical (unpaired) electrons. The lowest BCUT2D eigenvalue weighted by molar-refractivity contribution is -0.127. The maximum Gasteiger partial charge on any atom is 0.325 e. The van der Waals surface area contributed by atoms with Crippen LogP contribution in [-0.2, 0) is 11.3 Å². The average molecular weight is 373 g/mol. The summed E-state index contributed by atoms with van der Waals surface area (Å²) in [6, 6.07) is 4.92. The van der Waals surface area contributed by atoms with E-state index in [0.29, 0.717) is 18.5 Å². The van der Waals surface area contributed by atoms with Crippen molar-refractivity contribution < 1.29 is 14.4 Å². The van der Waals surface area contributed by atoms with Crippen molar-refractivity contribution in [1.82, 2.24) is 14.8 Å². The van der Waals surface area contributed by atoms with Crippen LogP contribution in [0.25, 0.3) is 0 Å². The average Bonchev–Trinajstić information content (AvgIpc) is 3.28. The van der Waals surface area contributed by atoms with Gasteiger partial charge in [-0.25, -0.2) is 4.79 Å². The smallest absolute Gasteiger partial charge is 0.325 e. The van der Waals surface area contributed by atoms with E-state index in [1.54, 1.807) is 11.3 Å². The number of carbonyl (C=O) groups is 3. The van der Waals surface area contributed by atoms with Crippen LogP contribution in [0, 0.1) is 13.8 Å². The van der Waals surface area contributed by atoms with E-state index in [1.807, 2.05) is 38.3 Å². The molecule has 3 rings (SSSR count). The van der Waals surface area contributed by atoms with Gasteiger partial charge in [-0.05, 0) is 37.8 Å². The fraction of sp³-hybridized carbons (Fsp3) is 0.421. The highest BCUT2D eigenvalue weighted by Crippen LogP contribution is 2.21. The van der Waals surface area contributed by atoms with Crippen molar-refractivity contribution in [1.29, 1.82) is 0 Å². The number of amides is 3. The highest BCUT2D eigenvalue weighted by atomic mass is 32.1. The molecule has 1 aliphatic rings. The van der Waals surface area contributed by atoms with Gasteiger partial charge in [0.25, 0.3) is 5.91 Å². The van der Waals surface area contributed by atoms with E-state index < -0.39 is 12.1 Å². The Labute approximate surface area is 156 Å². The van der Waals surface area contributed by atoms with Crippen LogP contribution in [-0.4, -0.2) is 39.8 Å². The van der Waals surface area contributed by atoms with Crippen molar-refractivity contribution in [3.63, 3.8) is 0 Å². The van der Waals surface area contributed by atoms with Crippen molar-refractivity contribution in [3.8, 4) is 0 Å². The minimum Gasteiger partial charge on any atom is -0.343 e. The SMILES string of the molecule is CCCC1NC(=O)N(CC(=O)c2cc(C)n(Cc3cccs3)c2C)C1=O. The number of aryl methyl sites for hydroxylation is 1. The van der Waals surface area contributed by atoms with Gasteiger partial charge in [0.2, 0.25) is 0 Å². The molecule has 0 spiro atoms. The monoisotopic (exact) mass is 373 g/mol. The summed E-state index contributed by atoms with van der Waals surface area (Å²) in [6.45, 7) is 6.32. The van der Waals surface area contributed by atoms with Crippen LogP contribution in [0.3, 0.4) is 0 Å². The summed E-state index contributed by atoms with van der Waals surface area (Å²) in [4.78, 5) is 39.4. The van der Waals surface area contributed by atoms with Gasteiger partial charge in [-0.1, -0.05) is 19.4 Å². The van der Waals surface area contributed by atoms with Gasteiger partial charge in [-0.2, -0.15) is 0 Å². The lowest BCUT2D eigenvalue weighted by Gasteiger charge is -2.12. The Balaban J connectivity index is 1.76. The maximum absolute atomic E-state index is 12.8. The Kier molecular flexibility index (Phi) is 5.27. The van der Waals surface area contributed by atoms with E-state index in [0.717, 1.165) is 22.7 Å². The molecule has 1 saturated heterocycles. The molecule has 1 unspecified atom stereocenters. The summed E-state index contributed by atoms with van der Waals surface area (Å²) in [5.41, 5.74) is 2.41. The second-order valence-electron chi connectivity index (χ2n) is 6.59. The molecule has 2 aromatic rings. The van der Waals surface area contributed by atoms with Crippen LogP contribution in [0.15, 0.2) is 23.6 Å². The zero-order valence-corrected chi connectivity index (χ0v) is 16.1. The van der Waals surface area contributed by atoms with Crippen molar-refractivity contribution in [3.05, 3.63) is 45.4 Å². The highest BCUT2D eigenvalue weighted by molar-refractivity contribution is 7.09. The summed E-state index contributed by atoms with van der Waals surface area (Å²) in [5.74, 6) is -0.520. The molecule has 6 nitrogen and oxygen atoms in total. The number of ketones is 1. The van der Waals surface area contributed by atoms with Gasteiger partial charge < -0.3 is 9.88 Å². The molecular formula is C19H23N3O3S. The second kappa shape index (κ2) is 7.45. The zero-order chi connectivity index (χ0) is 18.8. The van der Waals surface area contributed by atoms with Crippen LogP contribution in [0.1, 0.15) is 46.4 Å². The molecule has 7 heteroatoms. The number of rotatable bonds is 7. The standard InChI is InChI=1S/C19H23N3O3S/c1-4-6-16-18(24)22(19(25)20-16)11-17(23)15-9-12(2)21(13(15)3)10-14-7-5-8-26-14/h5,7-9,16H,4,6,10-11H2,1-3H3,(H,20,25). The van der Waals surface area contributed by atoms with Gasteiger partial charge in [0.15, 0.2) is 5.78 Å². The fourth-order valence-electron chi connectivity index (χ4n) is 3.32. The number of imide groups is 1. The third kappa shape index (κ3) is 3.44. The quantitative estimate of drug-likeness (QED) is 0.599. The van der Waals surface area contributed by atoms with Gasteiger partial charge in [-0.3, -0.25) is 14.5 Å². The Morgan fingerprint density at radius 3 is 2.73 bits per heavy atom. The summed E-state index contributed by atoms with van der Waals surface area (Å²) in [7, 11) is 0. The molecule has 138 valence electrons. The molecular weight excluding hydrogens is 350 g/mol. The highest BCUT2D eigenvalue weighted by Gasteiger charge is 2.38. The minimum absolute atomic E-state index is 0.212. The topological polar surface area (TPSA) is 71.4 Å². The molecule has 26 heavy (non-hydrogen) atoms. The Hall–Kier alpha value is -2.41.